The molecular formula is C16H24N4S. The number of rotatable bonds is 5. The Morgan fingerprint density at radius 1 is 1.14 bits per heavy atom. The first kappa shape index (κ1) is 15.8. The molecule has 0 radical (unpaired) electrons. The zero-order valence-electron chi connectivity index (χ0n) is 13.4. The predicted octanol–water partition coefficient (Wildman–Crippen LogP) is 4.19. The van der Waals surface area contributed by atoms with E-state index >= 15 is 0 Å². The van der Waals surface area contributed by atoms with Gasteiger partial charge in [-0.05, 0) is 36.2 Å². The summed E-state index contributed by atoms with van der Waals surface area (Å²) in [6, 6.07) is 2.13. The van der Waals surface area contributed by atoms with Crippen LogP contribution in [0.3, 0.4) is 0 Å². The first-order chi connectivity index (χ1) is 9.91. The number of nitrogens with one attached hydrogen (secondary N) is 2. The van der Waals surface area contributed by atoms with Crippen molar-refractivity contribution in [2.75, 3.05) is 17.2 Å². The Balaban J connectivity index is 2.31. The van der Waals surface area contributed by atoms with E-state index in [0.29, 0.717) is 0 Å². The Morgan fingerprint density at radius 2 is 1.81 bits per heavy atom. The summed E-state index contributed by atoms with van der Waals surface area (Å²) >= 11 is 1.71. The van der Waals surface area contributed by atoms with E-state index in [2.05, 4.69) is 67.1 Å². The van der Waals surface area contributed by atoms with Crippen LogP contribution in [0.15, 0.2) is 16.8 Å². The largest absolute Gasteiger partial charge is 0.370 e. The molecule has 0 aliphatic carbocycles. The molecule has 0 amide bonds. The Labute approximate surface area is 131 Å². The number of nitrogens with zero attached hydrogens (tertiary/aromatic N) is 2. The molecule has 5 heteroatoms. The summed E-state index contributed by atoms with van der Waals surface area (Å²) in [5, 5.41) is 11.0. The van der Waals surface area contributed by atoms with Crippen molar-refractivity contribution in [1.82, 2.24) is 9.97 Å². The minimum atomic E-state index is -0.0727. The number of hydrogen-bond acceptors (Lipinski definition) is 5. The lowest BCUT2D eigenvalue weighted by molar-refractivity contribution is 0.546. The average Bonchev–Trinajstić information content (AvgIpc) is 2.91. The van der Waals surface area contributed by atoms with Gasteiger partial charge in [-0.25, -0.2) is 9.97 Å². The van der Waals surface area contributed by atoms with Gasteiger partial charge in [0.1, 0.15) is 17.5 Å². The normalized spacial score (nSPS) is 11.5. The minimum Gasteiger partial charge on any atom is -0.370 e. The molecule has 2 heterocycles. The zero-order valence-corrected chi connectivity index (χ0v) is 14.3. The molecule has 2 aromatic rings. The predicted molar refractivity (Wildman–Crippen MR) is 91.3 cm³/mol. The van der Waals surface area contributed by atoms with Gasteiger partial charge in [-0.1, -0.05) is 20.8 Å². The van der Waals surface area contributed by atoms with Crippen LogP contribution >= 0.6 is 11.3 Å². The summed E-state index contributed by atoms with van der Waals surface area (Å²) in [4.78, 5) is 9.41. The quantitative estimate of drug-likeness (QED) is 0.869. The molecule has 0 fully saturated rings. The SMILES string of the molecule is CCNc1nc(C(C)(C)C)nc(NCc2ccsc2)c1C. The Hall–Kier alpha value is -1.62. The third kappa shape index (κ3) is 3.94. The number of anilines is 2. The molecule has 0 aliphatic rings. The molecule has 2 aromatic heterocycles. The van der Waals surface area contributed by atoms with E-state index < -0.39 is 0 Å². The highest BCUT2D eigenvalue weighted by Crippen LogP contribution is 2.26. The van der Waals surface area contributed by atoms with Crippen LogP contribution in [0.1, 0.15) is 44.6 Å². The van der Waals surface area contributed by atoms with Crippen LogP contribution < -0.4 is 10.6 Å². The van der Waals surface area contributed by atoms with Gasteiger partial charge in [0.15, 0.2) is 0 Å². The molecule has 0 saturated carbocycles. The number of thiophene rings is 1. The van der Waals surface area contributed by atoms with E-state index in [4.69, 9.17) is 4.98 Å². The molecule has 2 rings (SSSR count). The molecule has 4 nitrogen and oxygen atoms in total. The highest BCUT2D eigenvalue weighted by Gasteiger charge is 2.21. The van der Waals surface area contributed by atoms with Gasteiger partial charge in [-0.15, -0.1) is 0 Å². The van der Waals surface area contributed by atoms with E-state index in [-0.39, 0.29) is 5.41 Å². The summed E-state index contributed by atoms with van der Waals surface area (Å²) in [7, 11) is 0. The monoisotopic (exact) mass is 304 g/mol. The maximum Gasteiger partial charge on any atom is 0.138 e. The lowest BCUT2D eigenvalue weighted by Crippen LogP contribution is -2.20. The molecule has 114 valence electrons. The van der Waals surface area contributed by atoms with Crippen molar-refractivity contribution in [2.45, 2.75) is 46.6 Å². The third-order valence-electron chi connectivity index (χ3n) is 3.20. The molecule has 2 N–H and O–H groups in total. The maximum atomic E-state index is 4.73. The number of aromatic nitrogens is 2. The highest BCUT2D eigenvalue weighted by molar-refractivity contribution is 7.07. The van der Waals surface area contributed by atoms with E-state index in [0.717, 1.165) is 36.1 Å². The van der Waals surface area contributed by atoms with Gasteiger partial charge in [0.05, 0.1) is 0 Å². The molecule has 0 spiro atoms. The fraction of sp³-hybridized carbons (Fsp3) is 0.500. The van der Waals surface area contributed by atoms with Crippen LogP contribution in [0.4, 0.5) is 11.6 Å². The third-order valence-corrected chi connectivity index (χ3v) is 3.93. The molecular weight excluding hydrogens is 280 g/mol. The van der Waals surface area contributed by atoms with E-state index in [1.165, 1.54) is 5.56 Å². The minimum absolute atomic E-state index is 0.0727. The molecule has 0 aliphatic heterocycles. The molecule has 0 saturated heterocycles. The smallest absolute Gasteiger partial charge is 0.138 e. The second-order valence-electron chi connectivity index (χ2n) is 6.13. The zero-order chi connectivity index (χ0) is 15.5. The van der Waals surface area contributed by atoms with Crippen LogP contribution in [0.2, 0.25) is 0 Å². The van der Waals surface area contributed by atoms with Crippen LogP contribution in [0, 0.1) is 6.92 Å². The van der Waals surface area contributed by atoms with Crippen molar-refractivity contribution >= 4 is 23.0 Å². The molecule has 21 heavy (non-hydrogen) atoms. The van der Waals surface area contributed by atoms with Crippen molar-refractivity contribution in [3.63, 3.8) is 0 Å². The van der Waals surface area contributed by atoms with E-state index in [1.54, 1.807) is 11.3 Å². The van der Waals surface area contributed by atoms with Crippen LogP contribution in [0.5, 0.6) is 0 Å². The van der Waals surface area contributed by atoms with E-state index in [9.17, 15) is 0 Å². The topological polar surface area (TPSA) is 49.8 Å². The van der Waals surface area contributed by atoms with Crippen molar-refractivity contribution in [2.24, 2.45) is 0 Å². The summed E-state index contributed by atoms with van der Waals surface area (Å²) in [5.41, 5.74) is 2.27. The molecule has 0 bridgehead atoms. The molecule has 0 aromatic carbocycles. The second-order valence-corrected chi connectivity index (χ2v) is 6.91. The summed E-state index contributed by atoms with van der Waals surface area (Å²) in [5.74, 6) is 2.69. The Kier molecular flexibility index (Phi) is 4.83. The Morgan fingerprint density at radius 3 is 2.33 bits per heavy atom. The van der Waals surface area contributed by atoms with Crippen molar-refractivity contribution < 1.29 is 0 Å². The van der Waals surface area contributed by atoms with Crippen LogP contribution in [-0.2, 0) is 12.0 Å². The average molecular weight is 304 g/mol. The van der Waals surface area contributed by atoms with Crippen molar-refractivity contribution in [3.05, 3.63) is 33.8 Å². The molecule has 0 atom stereocenters. The second kappa shape index (κ2) is 6.43. The van der Waals surface area contributed by atoms with Gasteiger partial charge in [-0.3, -0.25) is 0 Å². The number of hydrogen-bond donors (Lipinski definition) is 2. The van der Waals surface area contributed by atoms with Crippen molar-refractivity contribution in [1.29, 1.82) is 0 Å². The standard InChI is InChI=1S/C16H24N4S/c1-6-17-13-11(2)14(18-9-12-7-8-21-10-12)20-15(19-13)16(3,4)5/h7-8,10H,6,9H2,1-5H3,(H2,17,18,19,20). The first-order valence-corrected chi connectivity index (χ1v) is 8.24. The fourth-order valence-electron chi connectivity index (χ4n) is 1.94. The van der Waals surface area contributed by atoms with Crippen LogP contribution in [-0.4, -0.2) is 16.5 Å². The summed E-state index contributed by atoms with van der Waals surface area (Å²) in [6.07, 6.45) is 0. The summed E-state index contributed by atoms with van der Waals surface area (Å²) in [6.45, 7) is 12.2. The maximum absolute atomic E-state index is 4.73. The lowest BCUT2D eigenvalue weighted by Gasteiger charge is -2.21. The van der Waals surface area contributed by atoms with Crippen LogP contribution in [0.25, 0.3) is 0 Å². The molecule has 0 unspecified atom stereocenters. The van der Waals surface area contributed by atoms with Gasteiger partial charge < -0.3 is 10.6 Å². The van der Waals surface area contributed by atoms with Gasteiger partial charge in [-0.2, -0.15) is 11.3 Å². The lowest BCUT2D eigenvalue weighted by atomic mass is 9.95. The van der Waals surface area contributed by atoms with E-state index in [1.807, 2.05) is 0 Å². The first-order valence-electron chi connectivity index (χ1n) is 7.29. The fourth-order valence-corrected chi connectivity index (χ4v) is 2.61. The van der Waals surface area contributed by atoms with Gasteiger partial charge in [0.2, 0.25) is 0 Å². The van der Waals surface area contributed by atoms with Crippen molar-refractivity contribution in [3.8, 4) is 0 Å². The van der Waals surface area contributed by atoms with Gasteiger partial charge >= 0.3 is 0 Å². The highest BCUT2D eigenvalue weighted by atomic mass is 32.1. The summed E-state index contributed by atoms with van der Waals surface area (Å²) < 4.78 is 0. The van der Waals surface area contributed by atoms with Gasteiger partial charge in [0, 0.05) is 24.1 Å². The Bertz CT molecular complexity index is 585. The van der Waals surface area contributed by atoms with Gasteiger partial charge in [0.25, 0.3) is 0 Å².